The van der Waals surface area contributed by atoms with E-state index >= 15 is 0 Å². The molecule has 0 aliphatic rings. The van der Waals surface area contributed by atoms with Crippen LogP contribution >= 0.6 is 7.82 Å². The molecule has 0 aromatic carbocycles. The molecular weight excluding hydrogens is 371 g/mol. The molecule has 13 nitrogen and oxygen atoms in total. The smallest absolute Gasteiger partial charge is 0.394 e. The fraction of sp³-hybridized carbons (Fsp3) is 0.818. The molecule has 14 heteroatoms. The number of phosphoric acid groups is 1. The van der Waals surface area contributed by atoms with E-state index in [-0.39, 0.29) is 6.29 Å². The van der Waals surface area contributed by atoms with E-state index in [0.717, 1.165) is 0 Å². The average Bonchev–Trinajstić information content (AvgIpc) is 2.60. The van der Waals surface area contributed by atoms with E-state index < -0.39 is 70.1 Å². The van der Waals surface area contributed by atoms with E-state index in [0.29, 0.717) is 0 Å². The van der Waals surface area contributed by atoms with Crippen molar-refractivity contribution < 1.29 is 63.8 Å². The maximum absolute atomic E-state index is 11.9. The van der Waals surface area contributed by atoms with Crippen LogP contribution in [0, 0.1) is 0 Å². The van der Waals surface area contributed by atoms with Crippen molar-refractivity contribution in [1.82, 2.24) is 0 Å². The van der Waals surface area contributed by atoms with Gasteiger partial charge in [0.1, 0.15) is 37.1 Å². The minimum atomic E-state index is -5.35. The van der Waals surface area contributed by atoms with Gasteiger partial charge >= 0.3 is 7.82 Å². The van der Waals surface area contributed by atoms with Crippen LogP contribution in [-0.2, 0) is 23.2 Å². The number of aliphatic hydroxyl groups excluding tert-OH is 7. The van der Waals surface area contributed by atoms with Gasteiger partial charge in [-0.05, 0) is 0 Å². The van der Waals surface area contributed by atoms with Crippen LogP contribution < -0.4 is 0 Å². The van der Waals surface area contributed by atoms with Gasteiger partial charge in [0, 0.05) is 0 Å². The molecule has 7 atom stereocenters. The molecule has 25 heavy (non-hydrogen) atoms. The van der Waals surface area contributed by atoms with Gasteiger partial charge in [0.2, 0.25) is 0 Å². The summed E-state index contributed by atoms with van der Waals surface area (Å²) in [6.45, 7) is -3.35. The molecule has 0 bridgehead atoms. The first-order valence-electron chi connectivity index (χ1n) is 6.77. The van der Waals surface area contributed by atoms with Crippen molar-refractivity contribution in [2.24, 2.45) is 0 Å². The maximum Gasteiger partial charge on any atom is 0.473 e. The van der Waals surface area contributed by atoms with Gasteiger partial charge in [-0.15, -0.1) is 0 Å². The van der Waals surface area contributed by atoms with Gasteiger partial charge in [0.25, 0.3) is 0 Å². The Morgan fingerprint density at radius 2 is 1.52 bits per heavy atom. The molecule has 0 saturated heterocycles. The lowest BCUT2D eigenvalue weighted by molar-refractivity contribution is -0.144. The van der Waals surface area contributed by atoms with Crippen LogP contribution in [0.1, 0.15) is 0 Å². The van der Waals surface area contributed by atoms with Gasteiger partial charge in [-0.25, -0.2) is 4.57 Å². The molecule has 0 fully saturated rings. The first kappa shape index (κ1) is 24.2. The quantitative estimate of drug-likeness (QED) is 0.108. The summed E-state index contributed by atoms with van der Waals surface area (Å²) in [5.41, 5.74) is 0. The monoisotopic (exact) mass is 392 g/mol. The third kappa shape index (κ3) is 7.52. The van der Waals surface area contributed by atoms with Crippen LogP contribution in [0.2, 0.25) is 0 Å². The standard InChI is InChI=1S/C11H21O13P/c12-1-5(16)9(19)8(4-15)23-25(21,22)24-11(7(18)3-14)10(20)6(17)2-13/h4-5,7-14,16,18-20H,1-3H2,(H,21,22)/t5-,7+,8-,9-,10+,11+/m0/s1. The van der Waals surface area contributed by atoms with E-state index in [1.165, 1.54) is 0 Å². The van der Waals surface area contributed by atoms with E-state index in [4.69, 9.17) is 15.3 Å². The third-order valence-corrected chi connectivity index (χ3v) is 3.94. The number of carbonyl (C=O) groups is 2. The average molecular weight is 392 g/mol. The van der Waals surface area contributed by atoms with Crippen molar-refractivity contribution in [3.63, 3.8) is 0 Å². The minimum absolute atomic E-state index is 0.192. The Bertz CT molecular complexity index is 471. The van der Waals surface area contributed by atoms with Crippen molar-refractivity contribution in [3.05, 3.63) is 0 Å². The second-order valence-corrected chi connectivity index (χ2v) is 6.16. The number of aldehydes is 1. The number of Topliss-reactive ketones (excluding diaryl/α,β-unsaturated/α-hetero) is 1. The molecule has 148 valence electrons. The molecule has 0 aliphatic heterocycles. The third-order valence-electron chi connectivity index (χ3n) is 2.93. The van der Waals surface area contributed by atoms with Crippen molar-refractivity contribution in [3.8, 4) is 0 Å². The predicted molar refractivity (Wildman–Crippen MR) is 75.9 cm³/mol. The Balaban J connectivity index is 5.28. The summed E-state index contributed by atoms with van der Waals surface area (Å²) in [4.78, 5) is 31.6. The molecule has 0 rings (SSSR count). The van der Waals surface area contributed by atoms with Crippen LogP contribution in [0.3, 0.4) is 0 Å². The molecule has 0 aromatic rings. The highest BCUT2D eigenvalue weighted by Crippen LogP contribution is 2.47. The van der Waals surface area contributed by atoms with Crippen molar-refractivity contribution in [2.45, 2.75) is 36.6 Å². The molecule has 0 spiro atoms. The summed E-state index contributed by atoms with van der Waals surface area (Å²) < 4.78 is 20.5. The summed E-state index contributed by atoms with van der Waals surface area (Å²) in [5.74, 6) is -1.32. The molecule has 1 unspecified atom stereocenters. The van der Waals surface area contributed by atoms with Gasteiger partial charge in [-0.1, -0.05) is 0 Å². The number of rotatable bonds is 13. The van der Waals surface area contributed by atoms with Crippen LogP contribution in [0.15, 0.2) is 0 Å². The minimum Gasteiger partial charge on any atom is -0.394 e. The normalized spacial score (nSPS) is 21.4. The summed E-state index contributed by atoms with van der Waals surface area (Å²) >= 11 is 0. The molecule has 0 aromatic heterocycles. The number of ketones is 1. The second kappa shape index (κ2) is 11.0. The fourth-order valence-electron chi connectivity index (χ4n) is 1.55. The highest BCUT2D eigenvalue weighted by Gasteiger charge is 2.41. The highest BCUT2D eigenvalue weighted by molar-refractivity contribution is 7.47. The Morgan fingerprint density at radius 1 is 1.00 bits per heavy atom. The SMILES string of the molecule is O=C[C@H](OP(=O)(O)O[C@H]([C@H](O)CO)[C@H](O)C(=O)CO)[C@@H](O)[C@@H](O)CO. The van der Waals surface area contributed by atoms with E-state index in [2.05, 4.69) is 9.05 Å². The summed E-state index contributed by atoms with van der Waals surface area (Å²) in [5, 5.41) is 63.9. The van der Waals surface area contributed by atoms with Crippen molar-refractivity contribution in [2.75, 3.05) is 19.8 Å². The number of hydrogen-bond donors (Lipinski definition) is 8. The second-order valence-electron chi connectivity index (χ2n) is 4.80. The maximum atomic E-state index is 11.9. The Kier molecular flexibility index (Phi) is 10.6. The molecular formula is C11H21O13P. The molecule has 0 radical (unpaired) electrons. The fourth-order valence-corrected chi connectivity index (χ4v) is 2.64. The zero-order chi connectivity index (χ0) is 19.8. The lowest BCUT2D eigenvalue weighted by Gasteiger charge is -2.29. The zero-order valence-corrected chi connectivity index (χ0v) is 13.6. The first-order valence-corrected chi connectivity index (χ1v) is 8.26. The van der Waals surface area contributed by atoms with E-state index in [1.807, 2.05) is 0 Å². The van der Waals surface area contributed by atoms with Crippen LogP contribution in [0.25, 0.3) is 0 Å². The van der Waals surface area contributed by atoms with Gasteiger partial charge in [0.05, 0.1) is 13.2 Å². The van der Waals surface area contributed by atoms with Crippen LogP contribution in [0.5, 0.6) is 0 Å². The summed E-state index contributed by atoms with van der Waals surface area (Å²) in [7, 11) is -5.35. The largest absolute Gasteiger partial charge is 0.473 e. The Labute approximate surface area is 141 Å². The van der Waals surface area contributed by atoms with Gasteiger partial charge in [-0.3, -0.25) is 13.8 Å². The molecule has 8 N–H and O–H groups in total. The number of hydrogen-bond acceptors (Lipinski definition) is 12. The number of aliphatic hydroxyl groups is 7. The van der Waals surface area contributed by atoms with E-state index in [1.54, 1.807) is 0 Å². The Morgan fingerprint density at radius 3 is 1.92 bits per heavy atom. The lowest BCUT2D eigenvalue weighted by Crippen LogP contribution is -2.47. The van der Waals surface area contributed by atoms with Crippen molar-refractivity contribution >= 4 is 19.9 Å². The molecule has 0 saturated carbocycles. The van der Waals surface area contributed by atoms with Gasteiger partial charge in [0.15, 0.2) is 18.2 Å². The van der Waals surface area contributed by atoms with Crippen LogP contribution in [-0.4, -0.2) is 109 Å². The molecule has 0 aliphatic carbocycles. The number of phosphoric ester groups is 1. The molecule has 0 amide bonds. The number of carbonyl (C=O) groups excluding carboxylic acids is 2. The van der Waals surface area contributed by atoms with E-state index in [9.17, 15) is 39.5 Å². The molecule has 0 heterocycles. The first-order chi connectivity index (χ1) is 11.5. The predicted octanol–water partition coefficient (Wildman–Crippen LogP) is -4.95. The van der Waals surface area contributed by atoms with Crippen molar-refractivity contribution in [1.29, 1.82) is 0 Å². The topological polar surface area (TPSA) is 232 Å². The lowest BCUT2D eigenvalue weighted by atomic mass is 10.1. The van der Waals surface area contributed by atoms with Crippen LogP contribution in [0.4, 0.5) is 0 Å². The Hall–Kier alpha value is -0.830. The summed E-state index contributed by atoms with van der Waals surface area (Å²) in [6.07, 6.45) is -13.0. The van der Waals surface area contributed by atoms with Gasteiger partial charge in [-0.2, -0.15) is 0 Å². The highest BCUT2D eigenvalue weighted by atomic mass is 31.2. The summed E-state index contributed by atoms with van der Waals surface area (Å²) in [6, 6.07) is 0. The zero-order valence-electron chi connectivity index (χ0n) is 12.7. The van der Waals surface area contributed by atoms with Gasteiger partial charge < -0.3 is 45.4 Å².